The molecular formula is C16H22N2O3. The topological polar surface area (TPSA) is 62.6 Å². The Labute approximate surface area is 124 Å². The van der Waals surface area contributed by atoms with E-state index in [1.807, 2.05) is 17.0 Å². The van der Waals surface area contributed by atoms with Crippen LogP contribution in [0.3, 0.4) is 0 Å². The molecule has 1 aliphatic heterocycles. The van der Waals surface area contributed by atoms with Gasteiger partial charge in [-0.1, -0.05) is 6.42 Å². The molecule has 2 amide bonds. The molecule has 114 valence electrons. The fourth-order valence-corrected chi connectivity index (χ4v) is 3.02. The lowest BCUT2D eigenvalue weighted by Gasteiger charge is -2.20. The van der Waals surface area contributed by atoms with Gasteiger partial charge in [0.1, 0.15) is 5.76 Å². The predicted octanol–water partition coefficient (Wildman–Crippen LogP) is 1.90. The third-order valence-electron chi connectivity index (χ3n) is 4.39. The molecule has 1 saturated carbocycles. The third-order valence-corrected chi connectivity index (χ3v) is 4.39. The first-order valence-corrected chi connectivity index (χ1v) is 7.84. The van der Waals surface area contributed by atoms with E-state index in [9.17, 15) is 9.59 Å². The van der Waals surface area contributed by atoms with Crippen LogP contribution in [0.25, 0.3) is 0 Å². The zero-order valence-corrected chi connectivity index (χ0v) is 12.2. The molecule has 2 fully saturated rings. The fraction of sp³-hybridized carbons (Fsp3) is 0.625. The van der Waals surface area contributed by atoms with E-state index in [-0.39, 0.29) is 23.7 Å². The molecule has 1 aromatic rings. The van der Waals surface area contributed by atoms with E-state index in [1.165, 1.54) is 0 Å². The number of nitrogens with one attached hydrogen (secondary N) is 1. The maximum Gasteiger partial charge on any atom is 0.223 e. The Morgan fingerprint density at radius 1 is 1.38 bits per heavy atom. The Hall–Kier alpha value is -1.78. The maximum atomic E-state index is 12.0. The van der Waals surface area contributed by atoms with E-state index in [2.05, 4.69) is 5.32 Å². The van der Waals surface area contributed by atoms with Crippen LogP contribution in [0.4, 0.5) is 0 Å². The van der Waals surface area contributed by atoms with Crippen LogP contribution in [0.1, 0.15) is 43.8 Å². The highest BCUT2D eigenvalue weighted by Gasteiger charge is 2.45. The zero-order chi connectivity index (χ0) is 14.7. The molecule has 2 atom stereocenters. The van der Waals surface area contributed by atoms with Gasteiger partial charge in [-0.2, -0.15) is 0 Å². The highest BCUT2D eigenvalue weighted by Crippen LogP contribution is 2.47. The van der Waals surface area contributed by atoms with Gasteiger partial charge in [0.2, 0.25) is 11.8 Å². The number of carbonyl (C=O) groups is 2. The minimum atomic E-state index is 0.0379. The number of likely N-dealkylation sites (tertiary alicyclic amines) is 1. The summed E-state index contributed by atoms with van der Waals surface area (Å²) in [6, 6.07) is 3.78. The summed E-state index contributed by atoms with van der Waals surface area (Å²) in [5, 5.41) is 2.95. The number of hydrogen-bond donors (Lipinski definition) is 1. The van der Waals surface area contributed by atoms with Crippen LogP contribution in [0.5, 0.6) is 0 Å². The van der Waals surface area contributed by atoms with Crippen LogP contribution in [0, 0.1) is 5.92 Å². The van der Waals surface area contributed by atoms with E-state index in [0.717, 1.165) is 38.0 Å². The molecular weight excluding hydrogens is 268 g/mol. The summed E-state index contributed by atoms with van der Waals surface area (Å²) < 4.78 is 5.33. The second-order valence-electron chi connectivity index (χ2n) is 5.95. The lowest BCUT2D eigenvalue weighted by molar-refractivity contribution is -0.131. The van der Waals surface area contributed by atoms with Crippen molar-refractivity contribution in [1.29, 1.82) is 0 Å². The van der Waals surface area contributed by atoms with Gasteiger partial charge in [-0.25, -0.2) is 0 Å². The smallest absolute Gasteiger partial charge is 0.223 e. The normalized spacial score (nSPS) is 25.5. The molecule has 0 radical (unpaired) electrons. The van der Waals surface area contributed by atoms with Gasteiger partial charge in [0.15, 0.2) is 0 Å². The van der Waals surface area contributed by atoms with Gasteiger partial charge in [0.05, 0.1) is 6.26 Å². The zero-order valence-electron chi connectivity index (χ0n) is 12.2. The third kappa shape index (κ3) is 3.46. The monoisotopic (exact) mass is 290 g/mol. The minimum absolute atomic E-state index is 0.0379. The van der Waals surface area contributed by atoms with Crippen LogP contribution in [0.15, 0.2) is 22.8 Å². The van der Waals surface area contributed by atoms with E-state index < -0.39 is 0 Å². The highest BCUT2D eigenvalue weighted by atomic mass is 16.3. The Morgan fingerprint density at radius 3 is 3.10 bits per heavy atom. The average molecular weight is 290 g/mol. The minimum Gasteiger partial charge on any atom is -0.469 e. The Balaban J connectivity index is 1.39. The number of carbonyl (C=O) groups excluding carboxylic acids is 2. The Bertz CT molecular complexity index is 498. The van der Waals surface area contributed by atoms with Crippen molar-refractivity contribution in [3.63, 3.8) is 0 Å². The van der Waals surface area contributed by atoms with Gasteiger partial charge in [-0.3, -0.25) is 9.59 Å². The quantitative estimate of drug-likeness (QED) is 0.901. The van der Waals surface area contributed by atoms with Crippen LogP contribution in [-0.2, 0) is 9.59 Å². The molecule has 0 aromatic carbocycles. The van der Waals surface area contributed by atoms with Crippen molar-refractivity contribution in [2.75, 3.05) is 19.6 Å². The molecule has 0 bridgehead atoms. The molecule has 21 heavy (non-hydrogen) atoms. The van der Waals surface area contributed by atoms with Gasteiger partial charge in [0, 0.05) is 37.9 Å². The molecule has 1 aliphatic carbocycles. The average Bonchev–Trinajstić information content (AvgIpc) is 3.16. The summed E-state index contributed by atoms with van der Waals surface area (Å²) in [5.74, 6) is 1.48. The molecule has 2 aliphatic rings. The first-order chi connectivity index (χ1) is 10.3. The number of nitrogens with zero attached hydrogens (tertiary/aromatic N) is 1. The summed E-state index contributed by atoms with van der Waals surface area (Å²) in [7, 11) is 0. The molecule has 1 aromatic heterocycles. The summed E-state index contributed by atoms with van der Waals surface area (Å²) >= 11 is 0. The molecule has 0 spiro atoms. The van der Waals surface area contributed by atoms with E-state index in [1.54, 1.807) is 6.26 Å². The van der Waals surface area contributed by atoms with Gasteiger partial charge in [-0.15, -0.1) is 0 Å². The SMILES string of the molecule is O=C(NCCN1CCCCCC1=O)[C@@H]1C[C@H]1c1ccco1. The Morgan fingerprint density at radius 2 is 2.29 bits per heavy atom. The van der Waals surface area contributed by atoms with Crippen LogP contribution >= 0.6 is 0 Å². The van der Waals surface area contributed by atoms with Crippen molar-refractivity contribution in [2.45, 2.75) is 38.0 Å². The van der Waals surface area contributed by atoms with Crippen LogP contribution in [0.2, 0.25) is 0 Å². The summed E-state index contributed by atoms with van der Waals surface area (Å²) in [6.07, 6.45) is 6.35. The molecule has 1 N–H and O–H groups in total. The van der Waals surface area contributed by atoms with Crippen molar-refractivity contribution < 1.29 is 14.0 Å². The second-order valence-corrected chi connectivity index (χ2v) is 5.95. The number of rotatable bonds is 5. The lowest BCUT2D eigenvalue weighted by Crippen LogP contribution is -2.38. The summed E-state index contributed by atoms with van der Waals surface area (Å²) in [5.41, 5.74) is 0. The van der Waals surface area contributed by atoms with E-state index in [0.29, 0.717) is 19.5 Å². The summed E-state index contributed by atoms with van der Waals surface area (Å²) in [4.78, 5) is 25.8. The van der Waals surface area contributed by atoms with Gasteiger partial charge in [0.25, 0.3) is 0 Å². The largest absolute Gasteiger partial charge is 0.469 e. The number of furan rings is 1. The van der Waals surface area contributed by atoms with Gasteiger partial charge in [-0.05, 0) is 31.4 Å². The fourth-order valence-electron chi connectivity index (χ4n) is 3.02. The standard InChI is InChI=1S/C16H22N2O3/c19-15-6-2-1-3-8-18(15)9-7-17-16(20)13-11-12(13)14-5-4-10-21-14/h4-5,10,12-13H,1-3,6-9,11H2,(H,17,20)/t12-,13-/m1/s1. The predicted molar refractivity (Wildman–Crippen MR) is 77.6 cm³/mol. The van der Waals surface area contributed by atoms with Crippen molar-refractivity contribution >= 4 is 11.8 Å². The van der Waals surface area contributed by atoms with Crippen LogP contribution in [-0.4, -0.2) is 36.3 Å². The second kappa shape index (κ2) is 6.33. The van der Waals surface area contributed by atoms with E-state index in [4.69, 9.17) is 4.42 Å². The summed E-state index contributed by atoms with van der Waals surface area (Å²) in [6.45, 7) is 2.00. The number of amides is 2. The van der Waals surface area contributed by atoms with Crippen molar-refractivity contribution in [2.24, 2.45) is 5.92 Å². The highest BCUT2D eigenvalue weighted by molar-refractivity contribution is 5.82. The first-order valence-electron chi connectivity index (χ1n) is 7.84. The van der Waals surface area contributed by atoms with Crippen molar-refractivity contribution in [1.82, 2.24) is 10.2 Å². The molecule has 5 nitrogen and oxygen atoms in total. The van der Waals surface area contributed by atoms with Crippen LogP contribution < -0.4 is 5.32 Å². The number of hydrogen-bond acceptors (Lipinski definition) is 3. The lowest BCUT2D eigenvalue weighted by atomic mass is 10.2. The van der Waals surface area contributed by atoms with E-state index >= 15 is 0 Å². The molecule has 2 heterocycles. The maximum absolute atomic E-state index is 12.0. The molecule has 0 unspecified atom stereocenters. The van der Waals surface area contributed by atoms with Gasteiger partial charge >= 0.3 is 0 Å². The molecule has 1 saturated heterocycles. The first kappa shape index (κ1) is 14.2. The molecule has 5 heteroatoms. The Kier molecular flexibility index (Phi) is 4.27. The van der Waals surface area contributed by atoms with Gasteiger partial charge < -0.3 is 14.6 Å². The van der Waals surface area contributed by atoms with Crippen molar-refractivity contribution in [3.8, 4) is 0 Å². The molecule has 3 rings (SSSR count). The van der Waals surface area contributed by atoms with Crippen molar-refractivity contribution in [3.05, 3.63) is 24.2 Å².